The third-order valence-electron chi connectivity index (χ3n) is 3.16. The number of hydrogen-bond donors (Lipinski definition) is 1. The van der Waals surface area contributed by atoms with E-state index in [1.54, 1.807) is 0 Å². The maximum atomic E-state index is 11.1. The van der Waals surface area contributed by atoms with Crippen LogP contribution in [0.4, 0.5) is 0 Å². The van der Waals surface area contributed by atoms with Crippen molar-refractivity contribution in [2.24, 2.45) is 26.4 Å². The molecule has 2 aromatic rings. The summed E-state index contributed by atoms with van der Waals surface area (Å²) in [4.78, 5) is 12.6. The summed E-state index contributed by atoms with van der Waals surface area (Å²) in [6.45, 7) is 0.366. The highest BCUT2D eigenvalue weighted by atomic mass is 16.1. The Morgan fingerprint density at radius 1 is 1.18 bits per heavy atom. The Morgan fingerprint density at radius 2 is 1.91 bits per heavy atom. The quantitative estimate of drug-likeness (QED) is 0.854. The number of amides is 1. The molecule has 1 aliphatic heterocycles. The molecule has 0 saturated heterocycles. The zero-order chi connectivity index (χ0) is 15.4. The molecule has 10 nitrogen and oxygen atoms in total. The minimum Gasteiger partial charge on any atom is -0.370 e. The van der Waals surface area contributed by atoms with Crippen LogP contribution in [0, 0.1) is 0 Å². The van der Waals surface area contributed by atoms with Crippen molar-refractivity contribution in [1.82, 2.24) is 20.2 Å². The summed E-state index contributed by atoms with van der Waals surface area (Å²) < 4.78 is 0. The number of carbonyl (C=O) groups is 1. The Kier molecular flexibility index (Phi) is 3.64. The molecule has 3 rings (SSSR count). The SMILES string of the molecule is NC(=O)CC1(CCn2nnc(-c3ccccc3)n2)N=NN=N1. The minimum atomic E-state index is -1.05. The summed E-state index contributed by atoms with van der Waals surface area (Å²) in [5.41, 5.74) is 5.04. The van der Waals surface area contributed by atoms with Crippen LogP contribution in [0.1, 0.15) is 12.8 Å². The lowest BCUT2D eigenvalue weighted by molar-refractivity contribution is -0.119. The molecular weight excluding hydrogens is 286 g/mol. The number of nitrogens with zero attached hydrogens (tertiary/aromatic N) is 8. The first kappa shape index (κ1) is 13.9. The molecule has 2 heterocycles. The number of benzene rings is 1. The zero-order valence-corrected chi connectivity index (χ0v) is 11.6. The molecule has 2 N–H and O–H groups in total. The van der Waals surface area contributed by atoms with Crippen molar-refractivity contribution in [2.75, 3.05) is 0 Å². The number of tetrazole rings is 1. The number of primary amides is 1. The maximum Gasteiger partial charge on any atom is 0.221 e. The number of nitrogens with two attached hydrogens (primary N) is 1. The second-order valence-electron chi connectivity index (χ2n) is 4.83. The number of hydrogen-bond acceptors (Lipinski definition) is 8. The maximum absolute atomic E-state index is 11.1. The van der Waals surface area contributed by atoms with Crippen LogP contribution in [0.2, 0.25) is 0 Å². The van der Waals surface area contributed by atoms with E-state index in [0.717, 1.165) is 5.56 Å². The molecule has 0 fully saturated rings. The van der Waals surface area contributed by atoms with Crippen LogP contribution in [-0.4, -0.2) is 31.8 Å². The van der Waals surface area contributed by atoms with Crippen LogP contribution < -0.4 is 5.73 Å². The molecule has 0 spiro atoms. The highest BCUT2D eigenvalue weighted by molar-refractivity contribution is 5.75. The molecule has 0 unspecified atom stereocenters. The van der Waals surface area contributed by atoms with Crippen molar-refractivity contribution >= 4 is 5.91 Å². The summed E-state index contributed by atoms with van der Waals surface area (Å²) in [5.74, 6) is 0.00977. The molecule has 1 aliphatic rings. The average molecular weight is 299 g/mol. The standard InChI is InChI=1S/C12H13N9O/c13-10(22)8-12(16-18-19-17-12)6-7-21-15-11(14-20-21)9-4-2-1-3-5-9/h1-5H,6-8H2,(H2,13,22). The van der Waals surface area contributed by atoms with Crippen molar-refractivity contribution in [1.29, 1.82) is 0 Å². The van der Waals surface area contributed by atoms with Gasteiger partial charge in [-0.15, -0.1) is 20.4 Å². The molecule has 0 bridgehead atoms. The molecule has 0 atom stereocenters. The normalized spacial score (nSPS) is 15.3. The molecule has 1 aromatic heterocycles. The van der Waals surface area contributed by atoms with Gasteiger partial charge in [-0.2, -0.15) is 4.80 Å². The number of carbonyl (C=O) groups excluding carboxylic acids is 1. The first-order valence-corrected chi connectivity index (χ1v) is 6.62. The monoisotopic (exact) mass is 299 g/mol. The van der Waals surface area contributed by atoms with Gasteiger partial charge in [-0.1, -0.05) is 30.3 Å². The van der Waals surface area contributed by atoms with Gasteiger partial charge in [0.05, 0.1) is 13.0 Å². The highest BCUT2D eigenvalue weighted by Crippen LogP contribution is 2.28. The van der Waals surface area contributed by atoms with Crippen LogP contribution in [0.3, 0.4) is 0 Å². The lowest BCUT2D eigenvalue weighted by Crippen LogP contribution is -2.31. The number of rotatable bonds is 6. The second-order valence-corrected chi connectivity index (χ2v) is 4.83. The predicted octanol–water partition coefficient (Wildman–Crippen LogP) is 1.13. The van der Waals surface area contributed by atoms with Crippen LogP contribution >= 0.6 is 0 Å². The molecule has 22 heavy (non-hydrogen) atoms. The van der Waals surface area contributed by atoms with Gasteiger partial charge in [0.25, 0.3) is 0 Å². The molecule has 10 heteroatoms. The predicted molar refractivity (Wildman–Crippen MR) is 74.1 cm³/mol. The van der Waals surface area contributed by atoms with Crippen LogP contribution in [0.25, 0.3) is 11.4 Å². The molecule has 0 saturated carbocycles. The molecule has 1 aromatic carbocycles. The van der Waals surface area contributed by atoms with Gasteiger partial charge in [-0.3, -0.25) is 4.79 Å². The third-order valence-corrected chi connectivity index (χ3v) is 3.16. The Balaban J connectivity index is 1.69. The highest BCUT2D eigenvalue weighted by Gasteiger charge is 2.35. The summed E-state index contributed by atoms with van der Waals surface area (Å²) in [6.07, 6.45) is 0.299. The van der Waals surface area contributed by atoms with Gasteiger partial charge in [0.2, 0.25) is 17.4 Å². The van der Waals surface area contributed by atoms with Crippen molar-refractivity contribution in [3.63, 3.8) is 0 Å². The summed E-state index contributed by atoms with van der Waals surface area (Å²) >= 11 is 0. The molecular formula is C12H13N9O. The Morgan fingerprint density at radius 3 is 2.59 bits per heavy atom. The number of aromatic nitrogens is 4. The van der Waals surface area contributed by atoms with Crippen molar-refractivity contribution in [3.05, 3.63) is 30.3 Å². The van der Waals surface area contributed by atoms with Gasteiger partial charge < -0.3 is 5.73 Å². The topological polar surface area (TPSA) is 136 Å². The largest absolute Gasteiger partial charge is 0.370 e. The number of aryl methyl sites for hydroxylation is 1. The van der Waals surface area contributed by atoms with E-state index >= 15 is 0 Å². The van der Waals surface area contributed by atoms with E-state index in [1.165, 1.54) is 4.80 Å². The van der Waals surface area contributed by atoms with E-state index in [-0.39, 0.29) is 6.42 Å². The molecule has 0 aliphatic carbocycles. The smallest absolute Gasteiger partial charge is 0.221 e. The second kappa shape index (κ2) is 5.76. The van der Waals surface area contributed by atoms with Gasteiger partial charge >= 0.3 is 0 Å². The summed E-state index contributed by atoms with van der Waals surface area (Å²) in [7, 11) is 0. The fourth-order valence-corrected chi connectivity index (χ4v) is 2.08. The van der Waals surface area contributed by atoms with E-state index < -0.39 is 11.6 Å². The first-order chi connectivity index (χ1) is 10.7. The van der Waals surface area contributed by atoms with Crippen LogP contribution in [-0.2, 0) is 11.3 Å². The van der Waals surface area contributed by atoms with Crippen molar-refractivity contribution < 1.29 is 4.79 Å². The van der Waals surface area contributed by atoms with Gasteiger partial charge in [0, 0.05) is 12.0 Å². The Hall–Kier alpha value is -3.04. The molecule has 112 valence electrons. The fourth-order valence-electron chi connectivity index (χ4n) is 2.08. The average Bonchev–Trinajstić information content (AvgIpc) is 3.15. The minimum absolute atomic E-state index is 0.0553. The van der Waals surface area contributed by atoms with Crippen LogP contribution in [0.15, 0.2) is 51.0 Å². The molecule has 0 radical (unpaired) electrons. The van der Waals surface area contributed by atoms with Gasteiger partial charge in [-0.05, 0) is 15.7 Å². The van der Waals surface area contributed by atoms with Gasteiger partial charge in [0.1, 0.15) is 0 Å². The van der Waals surface area contributed by atoms with E-state index in [4.69, 9.17) is 5.73 Å². The Bertz CT molecular complexity index is 709. The zero-order valence-electron chi connectivity index (χ0n) is 11.6. The molecule has 1 amide bonds. The van der Waals surface area contributed by atoms with E-state index in [2.05, 4.69) is 36.1 Å². The summed E-state index contributed by atoms with van der Waals surface area (Å²) in [6, 6.07) is 9.51. The fraction of sp³-hybridized carbons (Fsp3) is 0.333. The lowest BCUT2D eigenvalue weighted by atomic mass is 10.0. The van der Waals surface area contributed by atoms with Crippen molar-refractivity contribution in [3.8, 4) is 11.4 Å². The summed E-state index contributed by atoms with van der Waals surface area (Å²) in [5, 5.41) is 27.0. The third kappa shape index (κ3) is 3.00. The van der Waals surface area contributed by atoms with Crippen molar-refractivity contribution in [2.45, 2.75) is 25.0 Å². The van der Waals surface area contributed by atoms with Crippen LogP contribution in [0.5, 0.6) is 0 Å². The van der Waals surface area contributed by atoms with E-state index in [9.17, 15) is 4.79 Å². The van der Waals surface area contributed by atoms with E-state index in [1.807, 2.05) is 30.3 Å². The Labute approximate surface area is 125 Å². The first-order valence-electron chi connectivity index (χ1n) is 6.62. The lowest BCUT2D eigenvalue weighted by Gasteiger charge is -2.16. The van der Waals surface area contributed by atoms with E-state index in [0.29, 0.717) is 18.8 Å². The van der Waals surface area contributed by atoms with Gasteiger partial charge in [-0.25, -0.2) is 0 Å². The van der Waals surface area contributed by atoms with Gasteiger partial charge in [0.15, 0.2) is 0 Å².